The van der Waals surface area contributed by atoms with Gasteiger partial charge in [0.25, 0.3) is 0 Å². The Hall–Kier alpha value is -0.585. The van der Waals surface area contributed by atoms with Crippen LogP contribution in [-0.2, 0) is 4.79 Å². The van der Waals surface area contributed by atoms with Crippen LogP contribution in [0.25, 0.3) is 0 Å². The monoisotopic (exact) mass is 188 g/mol. The summed E-state index contributed by atoms with van der Waals surface area (Å²) in [5.41, 5.74) is 5.08. The average Bonchev–Trinajstić information content (AvgIpc) is 2.02. The molecule has 0 fully saturated rings. The zero-order valence-electron chi connectivity index (χ0n) is 8.03. The van der Waals surface area contributed by atoms with E-state index in [9.17, 15) is 4.79 Å². The van der Waals surface area contributed by atoms with Gasteiger partial charge >= 0.3 is 7.12 Å². The molecule has 0 radical (unpaired) electrons. The van der Waals surface area contributed by atoms with E-state index >= 15 is 0 Å². The van der Waals surface area contributed by atoms with Gasteiger partial charge in [0.05, 0.1) is 12.5 Å². The Morgan fingerprint density at radius 2 is 2.08 bits per heavy atom. The first-order valence-corrected chi connectivity index (χ1v) is 4.33. The van der Waals surface area contributed by atoms with Gasteiger partial charge in [-0.05, 0) is 12.3 Å². The Kier molecular flexibility index (Phi) is 5.69. The fourth-order valence-electron chi connectivity index (χ4n) is 1.03. The minimum Gasteiger partial charge on any atom is -0.426 e. The van der Waals surface area contributed by atoms with E-state index in [2.05, 4.69) is 5.32 Å². The van der Waals surface area contributed by atoms with Gasteiger partial charge in [-0.15, -0.1) is 0 Å². The second-order valence-electron chi connectivity index (χ2n) is 3.42. The summed E-state index contributed by atoms with van der Waals surface area (Å²) < 4.78 is 0. The molecule has 76 valence electrons. The molecule has 0 unspecified atom stereocenters. The van der Waals surface area contributed by atoms with Crippen LogP contribution in [0.5, 0.6) is 0 Å². The van der Waals surface area contributed by atoms with Gasteiger partial charge in [-0.3, -0.25) is 4.79 Å². The molecule has 1 atom stereocenters. The number of rotatable bonds is 5. The van der Waals surface area contributed by atoms with Crippen LogP contribution in [0.4, 0.5) is 0 Å². The zero-order chi connectivity index (χ0) is 10.4. The summed E-state index contributed by atoms with van der Waals surface area (Å²) in [5, 5.41) is 20.2. The van der Waals surface area contributed by atoms with E-state index in [0.717, 1.165) is 0 Å². The van der Waals surface area contributed by atoms with Crippen LogP contribution in [0, 0.1) is 5.92 Å². The van der Waals surface area contributed by atoms with Crippen LogP contribution < -0.4 is 11.1 Å². The van der Waals surface area contributed by atoms with Crippen molar-refractivity contribution >= 4 is 13.0 Å². The van der Waals surface area contributed by atoms with Crippen molar-refractivity contribution in [1.82, 2.24) is 5.32 Å². The summed E-state index contributed by atoms with van der Waals surface area (Å²) in [6.07, 6.45) is 0.517. The van der Waals surface area contributed by atoms with Crippen molar-refractivity contribution in [2.24, 2.45) is 11.7 Å². The molecular formula is C7H17BN2O3. The molecule has 0 spiro atoms. The summed E-state index contributed by atoms with van der Waals surface area (Å²) in [5.74, 6) is -0.723. The number of hydrogen-bond acceptors (Lipinski definition) is 4. The summed E-state index contributed by atoms with van der Waals surface area (Å²) in [4.78, 5) is 10.8. The largest absolute Gasteiger partial charge is 0.475 e. The molecule has 0 aromatic carbocycles. The smallest absolute Gasteiger partial charge is 0.426 e. The van der Waals surface area contributed by atoms with Gasteiger partial charge in [0.1, 0.15) is 0 Å². The maximum Gasteiger partial charge on any atom is 0.475 e. The van der Waals surface area contributed by atoms with Crippen molar-refractivity contribution in [3.63, 3.8) is 0 Å². The molecule has 0 rings (SSSR count). The maximum absolute atomic E-state index is 10.8. The first-order valence-electron chi connectivity index (χ1n) is 4.33. The van der Waals surface area contributed by atoms with Gasteiger partial charge in [0.2, 0.25) is 5.91 Å². The lowest BCUT2D eigenvalue weighted by Gasteiger charge is -2.18. The van der Waals surface area contributed by atoms with Gasteiger partial charge in [-0.2, -0.15) is 0 Å². The minimum absolute atomic E-state index is 0.138. The molecule has 0 aliphatic rings. The molecule has 0 aliphatic carbocycles. The van der Waals surface area contributed by atoms with Crippen LogP contribution in [-0.4, -0.2) is 35.6 Å². The van der Waals surface area contributed by atoms with Crippen LogP contribution >= 0.6 is 0 Å². The number of nitrogens with one attached hydrogen (secondary N) is 1. The molecule has 0 aliphatic heterocycles. The third-order valence-corrected chi connectivity index (χ3v) is 1.62. The van der Waals surface area contributed by atoms with Gasteiger partial charge < -0.3 is 21.1 Å². The lowest BCUT2D eigenvalue weighted by atomic mass is 9.75. The van der Waals surface area contributed by atoms with E-state index in [-0.39, 0.29) is 18.4 Å². The Labute approximate surface area is 78.5 Å². The number of nitrogens with two attached hydrogens (primary N) is 1. The first kappa shape index (κ1) is 12.4. The van der Waals surface area contributed by atoms with Gasteiger partial charge in [-0.1, -0.05) is 13.8 Å². The topological polar surface area (TPSA) is 95.6 Å². The van der Waals surface area contributed by atoms with E-state index < -0.39 is 13.1 Å². The van der Waals surface area contributed by atoms with Crippen LogP contribution in [0.1, 0.15) is 20.3 Å². The molecule has 6 heteroatoms. The molecule has 0 heterocycles. The molecular weight excluding hydrogens is 171 g/mol. The third-order valence-electron chi connectivity index (χ3n) is 1.62. The number of amides is 1. The predicted molar refractivity (Wildman–Crippen MR) is 50.6 cm³/mol. The van der Waals surface area contributed by atoms with Crippen molar-refractivity contribution in [2.75, 3.05) is 6.54 Å². The number of carbonyl (C=O) groups excluding carboxylic acids is 1. The van der Waals surface area contributed by atoms with E-state index in [1.54, 1.807) is 0 Å². The zero-order valence-corrected chi connectivity index (χ0v) is 8.03. The molecule has 5 N–H and O–H groups in total. The standard InChI is InChI=1S/C7H17BN2O3/c1-5(2)3-6(8(12)13)10-7(11)4-9/h5-6,12-13H,3-4,9H2,1-2H3,(H,10,11)/t6-/m0/s1. The molecule has 0 bridgehead atoms. The lowest BCUT2D eigenvalue weighted by Crippen LogP contribution is -2.48. The predicted octanol–water partition coefficient (Wildman–Crippen LogP) is -1.51. The molecule has 0 aromatic heterocycles. The lowest BCUT2D eigenvalue weighted by molar-refractivity contribution is -0.120. The first-order chi connectivity index (χ1) is 5.97. The normalized spacial score (nSPS) is 12.8. The van der Waals surface area contributed by atoms with Crippen molar-refractivity contribution in [3.8, 4) is 0 Å². The highest BCUT2D eigenvalue weighted by Gasteiger charge is 2.25. The minimum atomic E-state index is -1.53. The van der Waals surface area contributed by atoms with Crippen LogP contribution in [0.2, 0.25) is 0 Å². The van der Waals surface area contributed by atoms with Gasteiger partial charge in [0.15, 0.2) is 0 Å². The summed E-state index contributed by atoms with van der Waals surface area (Å²) in [6.45, 7) is 3.73. The highest BCUT2D eigenvalue weighted by molar-refractivity contribution is 6.43. The SMILES string of the molecule is CC(C)C[C@H](NC(=O)CN)B(O)O. The highest BCUT2D eigenvalue weighted by Crippen LogP contribution is 2.05. The number of hydrogen-bond donors (Lipinski definition) is 4. The molecule has 0 aromatic rings. The van der Waals surface area contributed by atoms with Crippen molar-refractivity contribution < 1.29 is 14.8 Å². The molecule has 13 heavy (non-hydrogen) atoms. The second kappa shape index (κ2) is 5.96. The van der Waals surface area contributed by atoms with Crippen molar-refractivity contribution in [2.45, 2.75) is 26.2 Å². The summed E-state index contributed by atoms with van der Waals surface area (Å²) in [7, 11) is -1.53. The molecule has 1 amide bonds. The Morgan fingerprint density at radius 3 is 2.38 bits per heavy atom. The Bertz CT molecular complexity index is 164. The van der Waals surface area contributed by atoms with Crippen LogP contribution in [0.3, 0.4) is 0 Å². The fourth-order valence-corrected chi connectivity index (χ4v) is 1.03. The molecule has 0 saturated heterocycles. The Balaban J connectivity index is 4.02. The van der Waals surface area contributed by atoms with Gasteiger partial charge in [0, 0.05) is 0 Å². The second-order valence-corrected chi connectivity index (χ2v) is 3.42. The van der Waals surface area contributed by atoms with E-state index in [1.165, 1.54) is 0 Å². The van der Waals surface area contributed by atoms with E-state index in [0.29, 0.717) is 6.42 Å². The van der Waals surface area contributed by atoms with Crippen LogP contribution in [0.15, 0.2) is 0 Å². The molecule has 5 nitrogen and oxygen atoms in total. The highest BCUT2D eigenvalue weighted by atomic mass is 16.4. The third kappa shape index (κ3) is 5.62. The molecule has 0 saturated carbocycles. The Morgan fingerprint density at radius 1 is 1.54 bits per heavy atom. The van der Waals surface area contributed by atoms with E-state index in [1.807, 2.05) is 13.8 Å². The average molecular weight is 188 g/mol. The summed E-state index contributed by atoms with van der Waals surface area (Å²) in [6, 6.07) is 0. The fraction of sp³-hybridized carbons (Fsp3) is 0.857. The quantitative estimate of drug-likeness (QED) is 0.394. The van der Waals surface area contributed by atoms with Crippen molar-refractivity contribution in [3.05, 3.63) is 0 Å². The van der Waals surface area contributed by atoms with Gasteiger partial charge in [-0.25, -0.2) is 0 Å². The maximum atomic E-state index is 10.8. The van der Waals surface area contributed by atoms with E-state index in [4.69, 9.17) is 15.8 Å². The summed E-state index contributed by atoms with van der Waals surface area (Å²) >= 11 is 0. The van der Waals surface area contributed by atoms with Crippen molar-refractivity contribution in [1.29, 1.82) is 0 Å². The number of carbonyl (C=O) groups is 1.